The van der Waals surface area contributed by atoms with Crippen LogP contribution in [0.4, 0.5) is 5.69 Å². The highest BCUT2D eigenvalue weighted by Gasteiger charge is 2.63. The Morgan fingerprint density at radius 3 is 2.14 bits per heavy atom. The quantitative estimate of drug-likeness (QED) is 0.588. The lowest BCUT2D eigenvalue weighted by Gasteiger charge is -2.31. The Balaban J connectivity index is 1.96. The van der Waals surface area contributed by atoms with Crippen molar-refractivity contribution in [1.29, 1.82) is 0 Å². The Morgan fingerprint density at radius 2 is 1.68 bits per heavy atom. The van der Waals surface area contributed by atoms with Crippen LogP contribution < -0.4 is 4.48 Å². The van der Waals surface area contributed by atoms with Gasteiger partial charge >= 0.3 is 0 Å². The smallest absolute Gasteiger partial charge is 0.165 e. The number of Topliss-reactive ketones (excluding diaryl/α,β-unsaturated/α-hetero) is 1. The van der Waals surface area contributed by atoms with Gasteiger partial charge in [0.05, 0.1) is 21.1 Å². The molecular weight excluding hydrogens is 270 g/mol. The molecule has 3 rings (SSSR count). The van der Waals surface area contributed by atoms with Crippen LogP contribution in [0, 0.1) is 16.7 Å². The van der Waals surface area contributed by atoms with Gasteiger partial charge in [-0.15, -0.1) is 0 Å². The van der Waals surface area contributed by atoms with Gasteiger partial charge in [-0.25, -0.2) is 0 Å². The summed E-state index contributed by atoms with van der Waals surface area (Å²) >= 11 is 0. The van der Waals surface area contributed by atoms with Gasteiger partial charge in [0.25, 0.3) is 0 Å². The third-order valence-corrected chi connectivity index (χ3v) is 6.35. The summed E-state index contributed by atoms with van der Waals surface area (Å²) < 4.78 is 0.809. The summed E-state index contributed by atoms with van der Waals surface area (Å²) in [5.41, 5.74) is 3.40. The Kier molecular flexibility index (Phi) is 3.20. The maximum absolute atomic E-state index is 12.9. The molecule has 0 unspecified atom stereocenters. The molecule has 1 aromatic rings. The van der Waals surface area contributed by atoms with Crippen molar-refractivity contribution in [3.63, 3.8) is 0 Å². The van der Waals surface area contributed by atoms with Gasteiger partial charge in [-0.3, -0.25) is 9.28 Å². The van der Waals surface area contributed by atoms with Crippen LogP contribution in [0.1, 0.15) is 39.2 Å². The maximum Gasteiger partial charge on any atom is 0.165 e. The number of carbonyl (C=O) groups is 1. The number of hydrogen-bond donors (Lipinski definition) is 0. The summed E-state index contributed by atoms with van der Waals surface area (Å²) in [6.45, 7) is 6.70. The van der Waals surface area contributed by atoms with E-state index in [1.54, 1.807) is 0 Å². The lowest BCUT2D eigenvalue weighted by atomic mass is 9.70. The lowest BCUT2D eigenvalue weighted by molar-refractivity contribution is -0.125. The zero-order valence-electron chi connectivity index (χ0n) is 14.7. The highest BCUT2D eigenvalue weighted by atomic mass is 16.1. The molecule has 2 aliphatic rings. The van der Waals surface area contributed by atoms with Crippen LogP contribution >= 0.6 is 0 Å². The average Bonchev–Trinajstić information content (AvgIpc) is 2.73. The minimum atomic E-state index is -0.161. The van der Waals surface area contributed by atoms with Crippen molar-refractivity contribution in [2.75, 3.05) is 21.1 Å². The molecule has 0 spiro atoms. The van der Waals surface area contributed by atoms with Gasteiger partial charge in [0.15, 0.2) is 5.78 Å². The first-order valence-electron chi connectivity index (χ1n) is 8.26. The number of carbonyl (C=O) groups excluding carboxylic acids is 1. The number of ketones is 1. The predicted octanol–water partition coefficient (Wildman–Crippen LogP) is 4.29. The first kappa shape index (κ1) is 15.5. The van der Waals surface area contributed by atoms with Crippen LogP contribution in [0.15, 0.2) is 29.8 Å². The molecule has 2 heteroatoms. The van der Waals surface area contributed by atoms with Gasteiger partial charge in [0.1, 0.15) is 5.69 Å². The minimum Gasteiger partial charge on any atom is -0.298 e. The average molecular weight is 298 g/mol. The predicted molar refractivity (Wildman–Crippen MR) is 93.6 cm³/mol. The number of quaternary nitrogens is 1. The number of fused-ring (bicyclic) bond motifs is 2. The SMILES string of the molecule is CC1(C)[C@H]2CC[C@]1(C)C(=O)/C2=C/c1ccc([N+](C)(C)C)cc1. The molecule has 2 fully saturated rings. The zero-order chi connectivity index (χ0) is 16.3. The third-order valence-electron chi connectivity index (χ3n) is 6.35. The lowest BCUT2D eigenvalue weighted by Crippen LogP contribution is -2.34. The van der Waals surface area contributed by atoms with E-state index < -0.39 is 0 Å². The number of hydrogen-bond acceptors (Lipinski definition) is 1. The Labute approximate surface area is 134 Å². The summed E-state index contributed by atoms with van der Waals surface area (Å²) in [4.78, 5) is 12.9. The molecule has 0 amide bonds. The fraction of sp³-hybridized carbons (Fsp3) is 0.550. The first-order chi connectivity index (χ1) is 10.1. The second kappa shape index (κ2) is 4.55. The zero-order valence-corrected chi connectivity index (χ0v) is 14.7. The largest absolute Gasteiger partial charge is 0.298 e. The van der Waals surface area contributed by atoms with E-state index in [0.29, 0.717) is 11.7 Å². The normalized spacial score (nSPS) is 32.0. The van der Waals surface area contributed by atoms with Crippen molar-refractivity contribution >= 4 is 17.5 Å². The molecule has 2 saturated carbocycles. The van der Waals surface area contributed by atoms with E-state index in [-0.39, 0.29) is 10.8 Å². The fourth-order valence-corrected chi connectivity index (χ4v) is 4.29. The van der Waals surface area contributed by atoms with E-state index in [0.717, 1.165) is 28.5 Å². The van der Waals surface area contributed by atoms with E-state index in [1.807, 2.05) is 0 Å². The van der Waals surface area contributed by atoms with E-state index in [4.69, 9.17) is 0 Å². The van der Waals surface area contributed by atoms with Crippen LogP contribution in [0.3, 0.4) is 0 Å². The van der Waals surface area contributed by atoms with Gasteiger partial charge in [-0.05, 0) is 65.7 Å². The van der Waals surface area contributed by atoms with Crippen LogP contribution in [0.25, 0.3) is 6.08 Å². The second-order valence-corrected chi connectivity index (χ2v) is 8.68. The molecular formula is C20H28NO+. The molecule has 0 aliphatic heterocycles. The van der Waals surface area contributed by atoms with Crippen LogP contribution in [0.5, 0.6) is 0 Å². The van der Waals surface area contributed by atoms with Crippen molar-refractivity contribution in [3.8, 4) is 0 Å². The molecule has 22 heavy (non-hydrogen) atoms. The van der Waals surface area contributed by atoms with Crippen molar-refractivity contribution in [2.45, 2.75) is 33.6 Å². The standard InChI is InChI=1S/C20H28NO/c1-19(2)17-11-12-20(19,3)18(22)16(17)13-14-7-9-15(10-8-14)21(4,5)6/h7-10,13,17H,11-12H2,1-6H3/q+1/b16-13+/t17-,20+/m0/s1. The highest BCUT2D eigenvalue weighted by molar-refractivity contribution is 6.07. The van der Waals surface area contributed by atoms with Crippen molar-refractivity contribution < 1.29 is 4.79 Å². The van der Waals surface area contributed by atoms with Crippen molar-refractivity contribution in [1.82, 2.24) is 4.48 Å². The minimum absolute atomic E-state index is 0.0954. The van der Waals surface area contributed by atoms with E-state index in [9.17, 15) is 4.79 Å². The first-order valence-corrected chi connectivity index (χ1v) is 8.26. The number of allylic oxidation sites excluding steroid dienone is 1. The Bertz CT molecular complexity index is 645. The molecule has 2 nitrogen and oxygen atoms in total. The summed E-state index contributed by atoms with van der Waals surface area (Å²) in [5.74, 6) is 0.799. The van der Waals surface area contributed by atoms with E-state index in [1.165, 1.54) is 5.69 Å². The molecule has 1 aromatic carbocycles. The second-order valence-electron chi connectivity index (χ2n) is 8.68. The Hall–Kier alpha value is -1.41. The molecule has 0 heterocycles. The monoisotopic (exact) mass is 298 g/mol. The number of nitrogens with zero attached hydrogens (tertiary/aromatic N) is 1. The molecule has 0 N–H and O–H groups in total. The van der Waals surface area contributed by atoms with Crippen LogP contribution in [-0.4, -0.2) is 26.9 Å². The van der Waals surface area contributed by atoms with Crippen LogP contribution in [0.2, 0.25) is 0 Å². The van der Waals surface area contributed by atoms with Gasteiger partial charge < -0.3 is 0 Å². The summed E-state index contributed by atoms with van der Waals surface area (Å²) in [7, 11) is 6.49. The van der Waals surface area contributed by atoms with Gasteiger partial charge in [-0.2, -0.15) is 0 Å². The molecule has 2 atom stereocenters. The van der Waals surface area contributed by atoms with Gasteiger partial charge in [0, 0.05) is 5.41 Å². The van der Waals surface area contributed by atoms with E-state index >= 15 is 0 Å². The molecule has 0 radical (unpaired) electrons. The summed E-state index contributed by atoms with van der Waals surface area (Å²) in [5, 5.41) is 0. The van der Waals surface area contributed by atoms with E-state index in [2.05, 4.69) is 72.3 Å². The highest BCUT2D eigenvalue weighted by Crippen LogP contribution is 2.65. The van der Waals surface area contributed by atoms with Gasteiger partial charge in [-0.1, -0.05) is 20.8 Å². The summed E-state index contributed by atoms with van der Waals surface area (Å²) in [6.07, 6.45) is 4.33. The summed E-state index contributed by atoms with van der Waals surface area (Å²) in [6, 6.07) is 8.61. The molecule has 2 aliphatic carbocycles. The van der Waals surface area contributed by atoms with Gasteiger partial charge in [0.2, 0.25) is 0 Å². The topological polar surface area (TPSA) is 17.1 Å². The molecule has 118 valence electrons. The molecule has 0 aromatic heterocycles. The fourth-order valence-electron chi connectivity index (χ4n) is 4.29. The van der Waals surface area contributed by atoms with Crippen molar-refractivity contribution in [2.24, 2.45) is 16.7 Å². The Morgan fingerprint density at radius 1 is 1.09 bits per heavy atom. The molecule has 2 bridgehead atoms. The maximum atomic E-state index is 12.9. The number of rotatable bonds is 2. The third kappa shape index (κ3) is 2.00. The van der Waals surface area contributed by atoms with Crippen LogP contribution in [-0.2, 0) is 4.79 Å². The molecule has 0 saturated heterocycles. The van der Waals surface area contributed by atoms with Crippen molar-refractivity contribution in [3.05, 3.63) is 35.4 Å². The number of benzene rings is 1.